The van der Waals surface area contributed by atoms with Crippen molar-refractivity contribution in [1.29, 1.82) is 0 Å². The average Bonchev–Trinajstić information content (AvgIpc) is 2.17. The van der Waals surface area contributed by atoms with E-state index in [1.165, 1.54) is 32.5 Å². The lowest BCUT2D eigenvalue weighted by Crippen LogP contribution is -2.48. The van der Waals surface area contributed by atoms with E-state index in [2.05, 4.69) is 17.6 Å². The van der Waals surface area contributed by atoms with E-state index in [1.807, 2.05) is 0 Å². The molecule has 0 amide bonds. The SMILES string of the molecule is CC1(CNCC2CCNCC2)COC1. The van der Waals surface area contributed by atoms with Crippen LogP contribution in [-0.4, -0.2) is 39.4 Å². The van der Waals surface area contributed by atoms with Gasteiger partial charge in [0.1, 0.15) is 0 Å². The molecule has 2 heterocycles. The fraction of sp³-hybridized carbons (Fsp3) is 1.00. The van der Waals surface area contributed by atoms with Crippen LogP contribution in [0.2, 0.25) is 0 Å². The number of hydrogen-bond acceptors (Lipinski definition) is 3. The highest BCUT2D eigenvalue weighted by Crippen LogP contribution is 2.25. The predicted octanol–water partition coefficient (Wildman–Crippen LogP) is 0.612. The van der Waals surface area contributed by atoms with Gasteiger partial charge in [-0.05, 0) is 38.4 Å². The van der Waals surface area contributed by atoms with Gasteiger partial charge in [0.25, 0.3) is 0 Å². The molecule has 0 aliphatic carbocycles. The van der Waals surface area contributed by atoms with Gasteiger partial charge < -0.3 is 15.4 Å². The van der Waals surface area contributed by atoms with Crippen LogP contribution in [0, 0.1) is 11.3 Å². The summed E-state index contributed by atoms with van der Waals surface area (Å²) in [7, 11) is 0. The lowest BCUT2D eigenvalue weighted by molar-refractivity contribution is -0.0992. The third kappa shape index (κ3) is 2.69. The molecule has 2 saturated heterocycles. The zero-order chi connectivity index (χ0) is 9.86. The Kier molecular flexibility index (Phi) is 3.42. The van der Waals surface area contributed by atoms with E-state index in [9.17, 15) is 0 Å². The first-order valence-corrected chi connectivity index (χ1v) is 5.78. The molecule has 2 N–H and O–H groups in total. The molecular weight excluding hydrogens is 176 g/mol. The minimum atomic E-state index is 0.424. The number of hydrogen-bond donors (Lipinski definition) is 2. The molecule has 0 spiro atoms. The quantitative estimate of drug-likeness (QED) is 0.694. The first-order valence-electron chi connectivity index (χ1n) is 5.78. The second kappa shape index (κ2) is 4.60. The zero-order valence-corrected chi connectivity index (χ0v) is 9.14. The maximum absolute atomic E-state index is 5.23. The van der Waals surface area contributed by atoms with Crippen LogP contribution in [0.4, 0.5) is 0 Å². The highest BCUT2D eigenvalue weighted by molar-refractivity contribution is 4.83. The van der Waals surface area contributed by atoms with Crippen LogP contribution in [-0.2, 0) is 4.74 Å². The van der Waals surface area contributed by atoms with Gasteiger partial charge in [-0.2, -0.15) is 0 Å². The van der Waals surface area contributed by atoms with E-state index in [0.29, 0.717) is 5.41 Å². The monoisotopic (exact) mass is 198 g/mol. The Labute approximate surface area is 86.6 Å². The highest BCUT2D eigenvalue weighted by Gasteiger charge is 2.32. The Morgan fingerprint density at radius 3 is 2.64 bits per heavy atom. The second-order valence-corrected chi connectivity index (χ2v) is 5.13. The van der Waals surface area contributed by atoms with Crippen LogP contribution in [0.25, 0.3) is 0 Å². The van der Waals surface area contributed by atoms with Crippen molar-refractivity contribution >= 4 is 0 Å². The first kappa shape index (κ1) is 10.4. The lowest BCUT2D eigenvalue weighted by atomic mass is 9.88. The molecule has 0 aromatic carbocycles. The maximum Gasteiger partial charge on any atom is 0.0554 e. The van der Waals surface area contributed by atoms with Crippen molar-refractivity contribution in [2.24, 2.45) is 11.3 Å². The second-order valence-electron chi connectivity index (χ2n) is 5.13. The molecule has 3 heteroatoms. The van der Waals surface area contributed by atoms with E-state index in [1.54, 1.807) is 0 Å². The third-order valence-electron chi connectivity index (χ3n) is 3.34. The number of piperidine rings is 1. The minimum Gasteiger partial charge on any atom is -0.380 e. The zero-order valence-electron chi connectivity index (χ0n) is 9.14. The smallest absolute Gasteiger partial charge is 0.0554 e. The Morgan fingerprint density at radius 1 is 1.36 bits per heavy atom. The summed E-state index contributed by atoms with van der Waals surface area (Å²) in [6.45, 7) is 8.89. The topological polar surface area (TPSA) is 33.3 Å². The Bertz CT molecular complexity index is 174. The number of ether oxygens (including phenoxy) is 1. The van der Waals surface area contributed by atoms with Crippen molar-refractivity contribution in [3.05, 3.63) is 0 Å². The van der Waals surface area contributed by atoms with Gasteiger partial charge >= 0.3 is 0 Å². The average molecular weight is 198 g/mol. The number of rotatable bonds is 4. The molecule has 0 unspecified atom stereocenters. The summed E-state index contributed by atoms with van der Waals surface area (Å²) in [5.74, 6) is 0.890. The largest absolute Gasteiger partial charge is 0.380 e. The highest BCUT2D eigenvalue weighted by atomic mass is 16.5. The molecule has 0 aromatic heterocycles. The van der Waals surface area contributed by atoms with Gasteiger partial charge in [0.15, 0.2) is 0 Å². The van der Waals surface area contributed by atoms with Crippen molar-refractivity contribution in [3.8, 4) is 0 Å². The van der Waals surface area contributed by atoms with Gasteiger partial charge in [-0.1, -0.05) is 6.92 Å². The van der Waals surface area contributed by atoms with Gasteiger partial charge in [-0.15, -0.1) is 0 Å². The van der Waals surface area contributed by atoms with Crippen molar-refractivity contribution in [3.63, 3.8) is 0 Å². The van der Waals surface area contributed by atoms with Crippen LogP contribution in [0.15, 0.2) is 0 Å². The summed E-state index contributed by atoms with van der Waals surface area (Å²) in [5.41, 5.74) is 0.424. The van der Waals surface area contributed by atoms with Gasteiger partial charge in [-0.3, -0.25) is 0 Å². The van der Waals surface area contributed by atoms with Crippen molar-refractivity contribution in [2.45, 2.75) is 19.8 Å². The molecule has 0 radical (unpaired) electrons. The van der Waals surface area contributed by atoms with Crippen LogP contribution in [0.1, 0.15) is 19.8 Å². The van der Waals surface area contributed by atoms with E-state index >= 15 is 0 Å². The maximum atomic E-state index is 5.23. The van der Waals surface area contributed by atoms with Gasteiger partial charge in [-0.25, -0.2) is 0 Å². The molecule has 3 nitrogen and oxygen atoms in total. The fourth-order valence-corrected chi connectivity index (χ4v) is 2.22. The molecule has 2 fully saturated rings. The van der Waals surface area contributed by atoms with Crippen LogP contribution in [0.5, 0.6) is 0 Å². The van der Waals surface area contributed by atoms with Crippen molar-refractivity contribution in [2.75, 3.05) is 39.4 Å². The summed E-state index contributed by atoms with van der Waals surface area (Å²) in [4.78, 5) is 0. The molecule has 0 bridgehead atoms. The van der Waals surface area contributed by atoms with Gasteiger partial charge in [0.2, 0.25) is 0 Å². The molecule has 0 saturated carbocycles. The Balaban J connectivity index is 1.57. The van der Waals surface area contributed by atoms with E-state index in [-0.39, 0.29) is 0 Å². The Hall–Kier alpha value is -0.120. The van der Waals surface area contributed by atoms with E-state index in [4.69, 9.17) is 4.74 Å². The third-order valence-corrected chi connectivity index (χ3v) is 3.34. The first-order chi connectivity index (χ1) is 6.79. The molecule has 2 rings (SSSR count). The normalized spacial score (nSPS) is 27.2. The molecule has 0 aromatic rings. The fourth-order valence-electron chi connectivity index (χ4n) is 2.22. The van der Waals surface area contributed by atoms with Crippen LogP contribution < -0.4 is 10.6 Å². The summed E-state index contributed by atoms with van der Waals surface area (Å²) in [6.07, 6.45) is 2.67. The predicted molar refractivity (Wildman–Crippen MR) is 57.4 cm³/mol. The minimum absolute atomic E-state index is 0.424. The standard InChI is InChI=1S/C11H22N2O/c1-11(8-14-9-11)7-13-6-10-2-4-12-5-3-10/h10,12-13H,2-9H2,1H3. The number of nitrogens with one attached hydrogen (secondary N) is 2. The molecule has 2 aliphatic rings. The molecule has 14 heavy (non-hydrogen) atoms. The summed E-state index contributed by atoms with van der Waals surface area (Å²) in [6, 6.07) is 0. The van der Waals surface area contributed by atoms with Gasteiger partial charge in [0.05, 0.1) is 13.2 Å². The van der Waals surface area contributed by atoms with Crippen LogP contribution >= 0.6 is 0 Å². The van der Waals surface area contributed by atoms with E-state index < -0.39 is 0 Å². The summed E-state index contributed by atoms with van der Waals surface area (Å²) >= 11 is 0. The molecule has 82 valence electrons. The molecular formula is C11H22N2O. The van der Waals surface area contributed by atoms with E-state index in [0.717, 1.165) is 25.7 Å². The van der Waals surface area contributed by atoms with Gasteiger partial charge in [0, 0.05) is 12.0 Å². The summed E-state index contributed by atoms with van der Waals surface area (Å²) in [5, 5.41) is 6.99. The van der Waals surface area contributed by atoms with Crippen LogP contribution in [0.3, 0.4) is 0 Å². The Morgan fingerprint density at radius 2 is 2.07 bits per heavy atom. The molecule has 2 aliphatic heterocycles. The van der Waals surface area contributed by atoms with Crippen molar-refractivity contribution in [1.82, 2.24) is 10.6 Å². The molecule has 0 atom stereocenters. The summed E-state index contributed by atoms with van der Waals surface area (Å²) < 4.78 is 5.23. The lowest BCUT2D eigenvalue weighted by Gasteiger charge is -2.38. The van der Waals surface area contributed by atoms with Crippen molar-refractivity contribution < 1.29 is 4.74 Å².